The second-order valence-electron chi connectivity index (χ2n) is 6.28. The molecular weight excluding hydrogens is 417 g/mol. The quantitative estimate of drug-likeness (QED) is 0.372. The van der Waals surface area contributed by atoms with Crippen LogP contribution in [-0.4, -0.2) is 42.2 Å². The molecule has 2 rings (SSSR count). The van der Waals surface area contributed by atoms with Crippen LogP contribution in [0.25, 0.3) is 11.0 Å². The third kappa shape index (κ3) is 4.41. The highest BCUT2D eigenvalue weighted by Gasteiger charge is 2.49. The smallest absolute Gasteiger partial charge is 0.486 e. The fraction of sp³-hybridized carbons (Fsp3) is 0.529. The SMILES string of the molecule is CCOC(=O)c1c(OC(C)C)c2nc(OS(=O)(=O)C(F)(F)F)c(CC)cc2n1C. The number of alkyl halides is 3. The molecule has 0 spiro atoms. The predicted molar refractivity (Wildman–Crippen MR) is 97.4 cm³/mol. The van der Waals surface area contributed by atoms with Crippen LogP contribution >= 0.6 is 0 Å². The molecule has 2 heterocycles. The zero-order chi connectivity index (χ0) is 22.1. The first kappa shape index (κ1) is 22.8. The van der Waals surface area contributed by atoms with Crippen molar-refractivity contribution in [1.82, 2.24) is 9.55 Å². The molecule has 0 saturated carbocycles. The lowest BCUT2D eigenvalue weighted by molar-refractivity contribution is -0.0501. The maximum Gasteiger partial charge on any atom is 0.534 e. The molecule has 2 aromatic heterocycles. The number of carbonyl (C=O) groups excluding carboxylic acids is 1. The van der Waals surface area contributed by atoms with Crippen LogP contribution < -0.4 is 8.92 Å². The van der Waals surface area contributed by atoms with Gasteiger partial charge in [-0.05, 0) is 33.3 Å². The van der Waals surface area contributed by atoms with Crippen LogP contribution in [0, 0.1) is 0 Å². The summed E-state index contributed by atoms with van der Waals surface area (Å²) >= 11 is 0. The van der Waals surface area contributed by atoms with E-state index >= 15 is 0 Å². The minimum absolute atomic E-state index is 0.000863. The number of nitrogens with zero attached hydrogens (tertiary/aromatic N) is 2. The second kappa shape index (κ2) is 8.09. The monoisotopic (exact) mass is 438 g/mol. The molecule has 0 aromatic carbocycles. The minimum atomic E-state index is -5.92. The number of aryl methyl sites for hydroxylation is 2. The van der Waals surface area contributed by atoms with E-state index in [4.69, 9.17) is 9.47 Å². The van der Waals surface area contributed by atoms with Crippen LogP contribution in [0.5, 0.6) is 11.6 Å². The van der Waals surface area contributed by atoms with Crippen molar-refractivity contribution in [1.29, 1.82) is 0 Å². The zero-order valence-electron chi connectivity index (χ0n) is 16.5. The van der Waals surface area contributed by atoms with Gasteiger partial charge in [-0.1, -0.05) is 6.92 Å². The van der Waals surface area contributed by atoms with Gasteiger partial charge in [0.2, 0.25) is 5.88 Å². The van der Waals surface area contributed by atoms with Crippen molar-refractivity contribution in [3.05, 3.63) is 17.3 Å². The van der Waals surface area contributed by atoms with Gasteiger partial charge in [-0.15, -0.1) is 0 Å². The Morgan fingerprint density at radius 3 is 2.38 bits per heavy atom. The average molecular weight is 438 g/mol. The second-order valence-corrected chi connectivity index (χ2v) is 7.82. The van der Waals surface area contributed by atoms with Gasteiger partial charge in [0, 0.05) is 12.6 Å². The molecular formula is C17H21F3N2O6S. The lowest BCUT2D eigenvalue weighted by Gasteiger charge is -2.13. The molecule has 0 unspecified atom stereocenters. The van der Waals surface area contributed by atoms with Gasteiger partial charge in [0.25, 0.3) is 0 Å². The van der Waals surface area contributed by atoms with Crippen molar-refractivity contribution in [3.63, 3.8) is 0 Å². The number of carbonyl (C=O) groups is 1. The van der Waals surface area contributed by atoms with Crippen molar-refractivity contribution >= 4 is 27.1 Å². The Labute approximate surface area is 165 Å². The van der Waals surface area contributed by atoms with Gasteiger partial charge < -0.3 is 18.2 Å². The Bertz CT molecular complexity index is 1030. The van der Waals surface area contributed by atoms with E-state index in [1.165, 1.54) is 17.7 Å². The molecule has 29 heavy (non-hydrogen) atoms. The molecule has 0 aliphatic heterocycles. The summed E-state index contributed by atoms with van der Waals surface area (Å²) in [5, 5.41) is 0. The van der Waals surface area contributed by atoms with Gasteiger partial charge in [0.05, 0.1) is 18.2 Å². The highest BCUT2D eigenvalue weighted by atomic mass is 32.2. The summed E-state index contributed by atoms with van der Waals surface area (Å²) < 4.78 is 77.5. The van der Waals surface area contributed by atoms with Crippen molar-refractivity contribution in [2.45, 2.75) is 45.7 Å². The Morgan fingerprint density at radius 1 is 1.28 bits per heavy atom. The van der Waals surface area contributed by atoms with Crippen LogP contribution in [0.3, 0.4) is 0 Å². The summed E-state index contributed by atoms with van der Waals surface area (Å²) in [6, 6.07) is 1.40. The number of aromatic nitrogens is 2. The highest BCUT2D eigenvalue weighted by molar-refractivity contribution is 7.87. The summed E-state index contributed by atoms with van der Waals surface area (Å²) in [5.74, 6) is -1.48. The molecule has 0 bridgehead atoms. The highest BCUT2D eigenvalue weighted by Crippen LogP contribution is 2.37. The van der Waals surface area contributed by atoms with E-state index in [1.54, 1.807) is 27.7 Å². The Kier molecular flexibility index (Phi) is 6.36. The zero-order valence-corrected chi connectivity index (χ0v) is 17.3. The van der Waals surface area contributed by atoms with Gasteiger partial charge in [0.1, 0.15) is 5.52 Å². The molecule has 0 atom stereocenters. The number of hydrogen-bond acceptors (Lipinski definition) is 7. The topological polar surface area (TPSA) is 96.7 Å². The molecule has 0 aliphatic rings. The largest absolute Gasteiger partial charge is 0.534 e. The molecule has 2 aromatic rings. The molecule has 162 valence electrons. The standard InChI is InChI=1S/C17H21F3N2O6S/c1-6-10-8-11-12(21-15(10)28-29(24,25)17(18,19)20)14(27-9(3)4)13(22(11)5)16(23)26-7-2/h8-9H,6-7H2,1-5H3. The van der Waals surface area contributed by atoms with E-state index in [0.717, 1.165) is 0 Å². The van der Waals surface area contributed by atoms with E-state index in [9.17, 15) is 26.4 Å². The third-order valence-corrected chi connectivity index (χ3v) is 4.79. The van der Waals surface area contributed by atoms with E-state index in [0.29, 0.717) is 5.52 Å². The van der Waals surface area contributed by atoms with Gasteiger partial charge in [-0.2, -0.15) is 21.6 Å². The van der Waals surface area contributed by atoms with Gasteiger partial charge >= 0.3 is 21.6 Å². The first-order valence-electron chi connectivity index (χ1n) is 8.70. The van der Waals surface area contributed by atoms with Crippen molar-refractivity contribution < 1.29 is 40.0 Å². The molecule has 8 nitrogen and oxygen atoms in total. The first-order valence-corrected chi connectivity index (χ1v) is 10.1. The van der Waals surface area contributed by atoms with Gasteiger partial charge in [0.15, 0.2) is 11.4 Å². The van der Waals surface area contributed by atoms with Crippen LogP contribution in [0.4, 0.5) is 13.2 Å². The minimum Gasteiger partial charge on any atom is -0.486 e. The number of hydrogen-bond donors (Lipinski definition) is 0. The molecule has 0 aliphatic carbocycles. The molecule has 0 saturated heterocycles. The van der Waals surface area contributed by atoms with E-state index in [-0.39, 0.29) is 35.6 Å². The number of rotatable bonds is 7. The molecule has 12 heteroatoms. The van der Waals surface area contributed by atoms with Crippen molar-refractivity contribution in [3.8, 4) is 11.6 Å². The summed E-state index contributed by atoms with van der Waals surface area (Å²) in [6.45, 7) is 6.66. The number of esters is 1. The summed E-state index contributed by atoms with van der Waals surface area (Å²) in [7, 11) is -4.38. The number of ether oxygens (including phenoxy) is 2. The van der Waals surface area contributed by atoms with Crippen LogP contribution in [-0.2, 0) is 28.3 Å². The number of fused-ring (bicyclic) bond motifs is 1. The molecule has 0 amide bonds. The number of pyridine rings is 1. The predicted octanol–water partition coefficient (Wildman–Crippen LogP) is 3.33. The molecule has 0 fully saturated rings. The molecule has 0 radical (unpaired) electrons. The lowest BCUT2D eigenvalue weighted by Crippen LogP contribution is -2.28. The first-order chi connectivity index (χ1) is 13.3. The average Bonchev–Trinajstić information content (AvgIpc) is 2.84. The van der Waals surface area contributed by atoms with Crippen LogP contribution in [0.1, 0.15) is 43.7 Å². The van der Waals surface area contributed by atoms with E-state index in [1.807, 2.05) is 0 Å². The Balaban J connectivity index is 2.79. The maximum atomic E-state index is 12.7. The summed E-state index contributed by atoms with van der Waals surface area (Å²) in [5.41, 5.74) is -5.18. The number of halogens is 3. The summed E-state index contributed by atoms with van der Waals surface area (Å²) in [6.07, 6.45) is -0.281. The summed E-state index contributed by atoms with van der Waals surface area (Å²) in [4.78, 5) is 16.4. The van der Waals surface area contributed by atoms with Crippen LogP contribution in [0.15, 0.2) is 6.07 Å². The van der Waals surface area contributed by atoms with Crippen LogP contribution in [0.2, 0.25) is 0 Å². The lowest BCUT2D eigenvalue weighted by atomic mass is 10.2. The van der Waals surface area contributed by atoms with Gasteiger partial charge in [-0.3, -0.25) is 0 Å². The maximum absolute atomic E-state index is 12.7. The van der Waals surface area contributed by atoms with Crippen molar-refractivity contribution in [2.75, 3.05) is 6.61 Å². The Hall–Kier alpha value is -2.50. The normalized spacial score (nSPS) is 12.4. The third-order valence-electron chi connectivity index (χ3n) is 3.84. The van der Waals surface area contributed by atoms with E-state index in [2.05, 4.69) is 9.17 Å². The van der Waals surface area contributed by atoms with Crippen molar-refractivity contribution in [2.24, 2.45) is 7.05 Å². The fourth-order valence-corrected chi connectivity index (χ4v) is 3.03. The fourth-order valence-electron chi connectivity index (χ4n) is 2.59. The van der Waals surface area contributed by atoms with E-state index < -0.39 is 33.6 Å². The molecule has 0 N–H and O–H groups in total. The van der Waals surface area contributed by atoms with Gasteiger partial charge in [-0.25, -0.2) is 9.78 Å². The Morgan fingerprint density at radius 2 is 1.90 bits per heavy atom.